The van der Waals surface area contributed by atoms with Crippen LogP contribution in [0.5, 0.6) is 23.0 Å². The predicted molar refractivity (Wildman–Crippen MR) is 126 cm³/mol. The van der Waals surface area contributed by atoms with Crippen molar-refractivity contribution in [3.05, 3.63) is 95.2 Å². The van der Waals surface area contributed by atoms with Crippen molar-refractivity contribution in [3.63, 3.8) is 0 Å². The summed E-state index contributed by atoms with van der Waals surface area (Å²) in [4.78, 5) is 16.9. The first-order valence-corrected chi connectivity index (χ1v) is 10.2. The first kappa shape index (κ1) is 21.4. The van der Waals surface area contributed by atoms with Crippen LogP contribution in [-0.2, 0) is 0 Å². The number of halogens is 1. The second kappa shape index (κ2) is 9.54. The minimum Gasteiger partial charge on any atom is -0.493 e. The molecule has 160 valence electrons. The molecule has 1 heterocycles. The van der Waals surface area contributed by atoms with Crippen LogP contribution in [0.25, 0.3) is 17.0 Å². The summed E-state index contributed by atoms with van der Waals surface area (Å²) in [6, 6.07) is 19.7. The standard InChI is InChI=1S/C26H20ClNO4/c1-30-25-5-3-4-18(26(25)31-2)8-13-23(29)17-6-10-20(11-7-17)32-24-14-15-28-22-16-19(27)9-12-21(22)24/h3-16H,1-2H3/b13-8+. The van der Waals surface area contributed by atoms with Gasteiger partial charge >= 0.3 is 0 Å². The minimum absolute atomic E-state index is 0.134. The number of carbonyl (C=O) groups is 1. The third-order valence-corrected chi connectivity index (χ3v) is 5.11. The summed E-state index contributed by atoms with van der Waals surface area (Å²) in [5.41, 5.74) is 2.05. The van der Waals surface area contributed by atoms with E-state index >= 15 is 0 Å². The number of hydrogen-bond donors (Lipinski definition) is 0. The molecule has 0 unspecified atom stereocenters. The van der Waals surface area contributed by atoms with E-state index in [2.05, 4.69) is 4.98 Å². The first-order chi connectivity index (χ1) is 15.6. The molecule has 0 amide bonds. The molecule has 3 aromatic carbocycles. The average molecular weight is 446 g/mol. The van der Waals surface area contributed by atoms with Crippen molar-refractivity contribution in [3.8, 4) is 23.0 Å². The van der Waals surface area contributed by atoms with Crippen LogP contribution in [-0.4, -0.2) is 25.0 Å². The average Bonchev–Trinajstić information content (AvgIpc) is 2.82. The Morgan fingerprint density at radius 1 is 0.938 bits per heavy atom. The number of rotatable bonds is 7. The summed E-state index contributed by atoms with van der Waals surface area (Å²) in [6.45, 7) is 0. The quantitative estimate of drug-likeness (QED) is 0.237. The number of benzene rings is 3. The number of pyridine rings is 1. The van der Waals surface area contributed by atoms with Gasteiger partial charge in [0.1, 0.15) is 11.5 Å². The van der Waals surface area contributed by atoms with Gasteiger partial charge in [-0.15, -0.1) is 0 Å². The maximum Gasteiger partial charge on any atom is 0.185 e. The molecule has 0 aliphatic heterocycles. The van der Waals surface area contributed by atoms with Crippen molar-refractivity contribution in [2.24, 2.45) is 0 Å². The molecule has 0 N–H and O–H groups in total. The number of carbonyl (C=O) groups excluding carboxylic acids is 1. The molecule has 6 heteroatoms. The molecule has 0 bridgehead atoms. The Kier molecular flexibility index (Phi) is 6.38. The van der Waals surface area contributed by atoms with Crippen LogP contribution in [0.2, 0.25) is 5.02 Å². The van der Waals surface area contributed by atoms with Gasteiger partial charge < -0.3 is 14.2 Å². The molecule has 0 saturated heterocycles. The highest BCUT2D eigenvalue weighted by Crippen LogP contribution is 2.32. The maximum atomic E-state index is 12.6. The number of ether oxygens (including phenoxy) is 3. The van der Waals surface area contributed by atoms with Gasteiger partial charge in [0.05, 0.1) is 19.7 Å². The fourth-order valence-corrected chi connectivity index (χ4v) is 3.47. The number of aromatic nitrogens is 1. The van der Waals surface area contributed by atoms with Gasteiger partial charge in [-0.3, -0.25) is 9.78 Å². The van der Waals surface area contributed by atoms with E-state index in [0.29, 0.717) is 33.6 Å². The van der Waals surface area contributed by atoms with Crippen molar-refractivity contribution >= 4 is 34.4 Å². The highest BCUT2D eigenvalue weighted by molar-refractivity contribution is 6.31. The molecular formula is C26H20ClNO4. The minimum atomic E-state index is -0.134. The summed E-state index contributed by atoms with van der Waals surface area (Å²) in [7, 11) is 3.14. The van der Waals surface area contributed by atoms with Gasteiger partial charge in [-0.1, -0.05) is 23.7 Å². The molecule has 4 aromatic rings. The van der Waals surface area contributed by atoms with Gasteiger partial charge in [-0.25, -0.2) is 0 Å². The third kappa shape index (κ3) is 4.58. The van der Waals surface area contributed by atoms with Gasteiger partial charge in [0.15, 0.2) is 17.3 Å². The van der Waals surface area contributed by atoms with Gasteiger partial charge in [-0.2, -0.15) is 0 Å². The highest BCUT2D eigenvalue weighted by Gasteiger charge is 2.09. The second-order valence-electron chi connectivity index (χ2n) is 6.88. The van der Waals surface area contributed by atoms with Crippen molar-refractivity contribution in [1.29, 1.82) is 0 Å². The molecule has 0 spiro atoms. The van der Waals surface area contributed by atoms with Crippen molar-refractivity contribution in [2.45, 2.75) is 0 Å². The lowest BCUT2D eigenvalue weighted by atomic mass is 10.1. The zero-order valence-electron chi connectivity index (χ0n) is 17.5. The molecule has 0 atom stereocenters. The summed E-state index contributed by atoms with van der Waals surface area (Å²) >= 11 is 6.04. The monoisotopic (exact) mass is 445 g/mol. The number of ketones is 1. The smallest absolute Gasteiger partial charge is 0.185 e. The van der Waals surface area contributed by atoms with E-state index in [1.807, 2.05) is 18.2 Å². The van der Waals surface area contributed by atoms with E-state index in [4.69, 9.17) is 25.8 Å². The molecule has 5 nitrogen and oxygen atoms in total. The number of para-hydroxylation sites is 1. The summed E-state index contributed by atoms with van der Waals surface area (Å²) in [5, 5.41) is 1.47. The molecular weight excluding hydrogens is 426 g/mol. The van der Waals surface area contributed by atoms with Crippen molar-refractivity contribution < 1.29 is 19.0 Å². The Balaban J connectivity index is 1.51. The van der Waals surface area contributed by atoms with E-state index in [9.17, 15) is 4.79 Å². The fourth-order valence-electron chi connectivity index (χ4n) is 3.30. The normalized spacial score (nSPS) is 11.0. The summed E-state index contributed by atoms with van der Waals surface area (Å²) in [6.07, 6.45) is 4.89. The maximum absolute atomic E-state index is 12.6. The van der Waals surface area contributed by atoms with E-state index in [1.54, 1.807) is 75.0 Å². The fraction of sp³-hybridized carbons (Fsp3) is 0.0769. The topological polar surface area (TPSA) is 57.7 Å². The number of nitrogens with zero attached hydrogens (tertiary/aromatic N) is 1. The second-order valence-corrected chi connectivity index (χ2v) is 7.31. The molecule has 1 aromatic heterocycles. The molecule has 0 radical (unpaired) electrons. The third-order valence-electron chi connectivity index (χ3n) is 4.88. The Hall–Kier alpha value is -3.83. The van der Waals surface area contributed by atoms with Crippen LogP contribution in [0, 0.1) is 0 Å². The molecule has 32 heavy (non-hydrogen) atoms. The zero-order chi connectivity index (χ0) is 22.5. The summed E-state index contributed by atoms with van der Waals surface area (Å²) in [5.74, 6) is 2.33. The lowest BCUT2D eigenvalue weighted by molar-refractivity contribution is 0.104. The van der Waals surface area contributed by atoms with E-state index in [-0.39, 0.29) is 5.78 Å². The molecule has 0 aliphatic rings. The van der Waals surface area contributed by atoms with Gasteiger partial charge in [0, 0.05) is 27.7 Å². The largest absolute Gasteiger partial charge is 0.493 e. The van der Waals surface area contributed by atoms with Crippen molar-refractivity contribution in [2.75, 3.05) is 14.2 Å². The SMILES string of the molecule is COc1cccc(/C=C/C(=O)c2ccc(Oc3ccnc4cc(Cl)ccc34)cc2)c1OC. The van der Waals surface area contributed by atoms with Crippen LogP contribution < -0.4 is 14.2 Å². The Morgan fingerprint density at radius 2 is 1.75 bits per heavy atom. The van der Waals surface area contributed by atoms with Crippen LogP contribution in [0.1, 0.15) is 15.9 Å². The van der Waals surface area contributed by atoms with Gasteiger partial charge in [-0.05, 0) is 66.7 Å². The van der Waals surface area contributed by atoms with Crippen LogP contribution in [0.15, 0.2) is 79.0 Å². The number of methoxy groups -OCH3 is 2. The van der Waals surface area contributed by atoms with Crippen molar-refractivity contribution in [1.82, 2.24) is 4.98 Å². The molecule has 0 saturated carbocycles. The number of allylic oxidation sites excluding steroid dienone is 1. The van der Waals surface area contributed by atoms with Crippen LogP contribution in [0.3, 0.4) is 0 Å². The predicted octanol–water partition coefficient (Wildman–Crippen LogP) is 6.59. The Morgan fingerprint density at radius 3 is 2.50 bits per heavy atom. The van der Waals surface area contributed by atoms with E-state index in [1.165, 1.54) is 6.08 Å². The molecule has 4 rings (SSSR count). The first-order valence-electron chi connectivity index (χ1n) is 9.84. The van der Waals surface area contributed by atoms with Gasteiger partial charge in [0.25, 0.3) is 0 Å². The van der Waals surface area contributed by atoms with Crippen LogP contribution in [0.4, 0.5) is 0 Å². The number of fused-ring (bicyclic) bond motifs is 1. The molecule has 0 aliphatic carbocycles. The van der Waals surface area contributed by atoms with E-state index in [0.717, 1.165) is 16.5 Å². The highest BCUT2D eigenvalue weighted by atomic mass is 35.5. The zero-order valence-corrected chi connectivity index (χ0v) is 18.3. The van der Waals surface area contributed by atoms with Gasteiger partial charge in [0.2, 0.25) is 0 Å². The summed E-state index contributed by atoms with van der Waals surface area (Å²) < 4.78 is 16.7. The number of hydrogen-bond acceptors (Lipinski definition) is 5. The lowest BCUT2D eigenvalue weighted by Gasteiger charge is -2.10. The Labute approximate surface area is 190 Å². The lowest BCUT2D eigenvalue weighted by Crippen LogP contribution is -1.96. The van der Waals surface area contributed by atoms with Crippen LogP contribution >= 0.6 is 11.6 Å². The van der Waals surface area contributed by atoms with E-state index < -0.39 is 0 Å². The Bertz CT molecular complexity index is 1300. The molecule has 0 fully saturated rings.